The highest BCUT2D eigenvalue weighted by molar-refractivity contribution is 7.99. The number of ketones is 1. The van der Waals surface area contributed by atoms with E-state index in [0.717, 1.165) is 24.0 Å². The summed E-state index contributed by atoms with van der Waals surface area (Å²) in [4.78, 5) is 12.5. The van der Waals surface area contributed by atoms with E-state index in [9.17, 15) is 4.79 Å². The van der Waals surface area contributed by atoms with Gasteiger partial charge in [-0.25, -0.2) is 0 Å². The van der Waals surface area contributed by atoms with Gasteiger partial charge in [-0.05, 0) is 60.1 Å². The Morgan fingerprint density at radius 2 is 1.85 bits per heavy atom. The van der Waals surface area contributed by atoms with E-state index in [1.54, 1.807) is 0 Å². The smallest absolute Gasteiger partial charge is 0.277 e. The first-order valence-corrected chi connectivity index (χ1v) is 10.3. The molecular weight excluding hydrogens is 356 g/mol. The molecule has 2 aromatic carbocycles. The Labute approximate surface area is 163 Å². The minimum absolute atomic E-state index is 0.0933. The van der Waals surface area contributed by atoms with Gasteiger partial charge in [0.1, 0.15) is 0 Å². The van der Waals surface area contributed by atoms with Crippen molar-refractivity contribution in [3.63, 3.8) is 0 Å². The Kier molecular flexibility index (Phi) is 5.12. The lowest BCUT2D eigenvalue weighted by Crippen LogP contribution is -2.03. The van der Waals surface area contributed by atoms with E-state index >= 15 is 0 Å². The SMILES string of the molecule is CC(C)c1ccc(-c2nnc(SCC(=O)c3ccc4c(c3)CCC4)o2)cc1. The molecule has 0 aliphatic heterocycles. The molecule has 1 aliphatic rings. The van der Waals surface area contributed by atoms with Crippen molar-refractivity contribution in [1.29, 1.82) is 0 Å². The van der Waals surface area contributed by atoms with Gasteiger partial charge in [-0.2, -0.15) is 0 Å². The molecule has 4 rings (SSSR count). The quantitative estimate of drug-likeness (QED) is 0.429. The minimum atomic E-state index is 0.0933. The lowest BCUT2D eigenvalue weighted by molar-refractivity contribution is 0.102. The molecular formula is C22H22N2O2S. The molecule has 0 spiro atoms. The summed E-state index contributed by atoms with van der Waals surface area (Å²) >= 11 is 1.29. The fraction of sp³-hybridized carbons (Fsp3) is 0.318. The molecule has 138 valence electrons. The summed E-state index contributed by atoms with van der Waals surface area (Å²) in [5.41, 5.74) is 5.63. The van der Waals surface area contributed by atoms with Gasteiger partial charge in [0, 0.05) is 11.1 Å². The first-order valence-electron chi connectivity index (χ1n) is 9.32. The molecule has 0 fully saturated rings. The minimum Gasteiger partial charge on any atom is -0.411 e. The standard InChI is InChI=1S/C22H22N2O2S/c1-14(2)15-6-9-17(10-7-15)21-23-24-22(26-21)27-13-20(25)19-11-8-16-4-3-5-18(16)12-19/h6-12,14H,3-5,13H2,1-2H3. The normalized spacial score (nSPS) is 13.1. The van der Waals surface area contributed by atoms with E-state index in [-0.39, 0.29) is 5.78 Å². The van der Waals surface area contributed by atoms with Crippen LogP contribution in [0, 0.1) is 0 Å². The molecule has 1 aromatic heterocycles. The van der Waals surface area contributed by atoms with Crippen molar-refractivity contribution in [2.75, 3.05) is 5.75 Å². The predicted molar refractivity (Wildman–Crippen MR) is 107 cm³/mol. The summed E-state index contributed by atoms with van der Waals surface area (Å²) < 4.78 is 5.72. The van der Waals surface area contributed by atoms with Crippen molar-refractivity contribution in [1.82, 2.24) is 10.2 Å². The van der Waals surface area contributed by atoms with E-state index < -0.39 is 0 Å². The molecule has 0 unspecified atom stereocenters. The molecule has 0 bridgehead atoms. The summed E-state index contributed by atoms with van der Waals surface area (Å²) in [6.07, 6.45) is 3.39. The number of carbonyl (C=O) groups is 1. The molecule has 0 saturated heterocycles. The summed E-state index contributed by atoms with van der Waals surface area (Å²) in [7, 11) is 0. The van der Waals surface area contributed by atoms with Crippen molar-refractivity contribution < 1.29 is 9.21 Å². The van der Waals surface area contributed by atoms with Crippen LogP contribution >= 0.6 is 11.8 Å². The number of fused-ring (bicyclic) bond motifs is 1. The zero-order valence-corrected chi connectivity index (χ0v) is 16.4. The highest BCUT2D eigenvalue weighted by Crippen LogP contribution is 2.27. The maximum Gasteiger partial charge on any atom is 0.277 e. The second-order valence-electron chi connectivity index (χ2n) is 7.20. The van der Waals surface area contributed by atoms with Gasteiger partial charge in [0.05, 0.1) is 5.75 Å². The zero-order chi connectivity index (χ0) is 18.8. The van der Waals surface area contributed by atoms with Crippen LogP contribution in [0.1, 0.15) is 53.2 Å². The molecule has 4 nitrogen and oxygen atoms in total. The van der Waals surface area contributed by atoms with E-state index in [0.29, 0.717) is 22.8 Å². The summed E-state index contributed by atoms with van der Waals surface area (Å²) in [6, 6.07) is 14.2. The van der Waals surface area contributed by atoms with E-state index in [4.69, 9.17) is 4.42 Å². The third-order valence-electron chi connectivity index (χ3n) is 4.98. The Balaban J connectivity index is 1.40. The number of hydrogen-bond acceptors (Lipinski definition) is 5. The number of thioether (sulfide) groups is 1. The Bertz CT molecular complexity index is 961. The summed E-state index contributed by atoms with van der Waals surface area (Å²) in [5, 5.41) is 8.60. The van der Waals surface area contributed by atoms with Crippen LogP contribution in [0.15, 0.2) is 52.1 Å². The number of carbonyl (C=O) groups excluding carboxylic acids is 1. The number of nitrogens with zero attached hydrogens (tertiary/aromatic N) is 2. The predicted octanol–water partition coefficient (Wildman–Crippen LogP) is 5.32. The zero-order valence-electron chi connectivity index (χ0n) is 15.6. The Morgan fingerprint density at radius 3 is 2.63 bits per heavy atom. The van der Waals surface area contributed by atoms with Crippen molar-refractivity contribution in [3.05, 3.63) is 64.7 Å². The average molecular weight is 378 g/mol. The maximum absolute atomic E-state index is 12.5. The molecule has 0 N–H and O–H groups in total. The third kappa shape index (κ3) is 3.98. The van der Waals surface area contributed by atoms with Gasteiger partial charge >= 0.3 is 0 Å². The van der Waals surface area contributed by atoms with E-state index in [2.05, 4.69) is 42.2 Å². The lowest BCUT2D eigenvalue weighted by atomic mass is 10.0. The van der Waals surface area contributed by atoms with Crippen LogP contribution in [0.5, 0.6) is 0 Å². The second kappa shape index (κ2) is 7.69. The van der Waals surface area contributed by atoms with Gasteiger partial charge < -0.3 is 4.42 Å². The number of Topliss-reactive ketones (excluding diaryl/α,β-unsaturated/α-hetero) is 1. The molecule has 1 heterocycles. The second-order valence-corrected chi connectivity index (χ2v) is 8.13. The molecule has 1 aliphatic carbocycles. The molecule has 0 saturated carbocycles. The monoisotopic (exact) mass is 378 g/mol. The third-order valence-corrected chi connectivity index (χ3v) is 5.80. The van der Waals surface area contributed by atoms with Crippen LogP contribution in [0.4, 0.5) is 0 Å². The number of benzene rings is 2. The van der Waals surface area contributed by atoms with Gasteiger partial charge in [0.15, 0.2) is 5.78 Å². The summed E-state index contributed by atoms with van der Waals surface area (Å²) in [5.74, 6) is 1.36. The van der Waals surface area contributed by atoms with Crippen molar-refractivity contribution in [2.24, 2.45) is 0 Å². The van der Waals surface area contributed by atoms with Crippen LogP contribution < -0.4 is 0 Å². The lowest BCUT2D eigenvalue weighted by Gasteiger charge is -2.04. The molecule has 3 aromatic rings. The van der Waals surface area contributed by atoms with Gasteiger partial charge in [-0.15, -0.1) is 10.2 Å². The first kappa shape index (κ1) is 18.0. The molecule has 27 heavy (non-hydrogen) atoms. The van der Waals surface area contributed by atoms with Gasteiger partial charge in [0.2, 0.25) is 5.89 Å². The van der Waals surface area contributed by atoms with Crippen LogP contribution in [0.3, 0.4) is 0 Å². The largest absolute Gasteiger partial charge is 0.411 e. The number of aryl methyl sites for hydroxylation is 2. The number of rotatable bonds is 6. The van der Waals surface area contributed by atoms with E-state index in [1.807, 2.05) is 24.3 Å². The average Bonchev–Trinajstić information content (AvgIpc) is 3.35. The van der Waals surface area contributed by atoms with Crippen molar-refractivity contribution in [3.8, 4) is 11.5 Å². The van der Waals surface area contributed by atoms with E-state index in [1.165, 1.54) is 34.9 Å². The molecule has 0 radical (unpaired) electrons. The van der Waals surface area contributed by atoms with Gasteiger partial charge in [-0.1, -0.05) is 49.9 Å². The van der Waals surface area contributed by atoms with Gasteiger partial charge in [0.25, 0.3) is 5.22 Å². The van der Waals surface area contributed by atoms with Crippen LogP contribution in [-0.4, -0.2) is 21.7 Å². The summed E-state index contributed by atoms with van der Waals surface area (Å²) in [6.45, 7) is 4.32. The van der Waals surface area contributed by atoms with Crippen molar-refractivity contribution in [2.45, 2.75) is 44.3 Å². The number of aromatic nitrogens is 2. The maximum atomic E-state index is 12.5. The highest BCUT2D eigenvalue weighted by atomic mass is 32.2. The van der Waals surface area contributed by atoms with Crippen molar-refractivity contribution >= 4 is 17.5 Å². The van der Waals surface area contributed by atoms with Crippen LogP contribution in [0.25, 0.3) is 11.5 Å². The highest BCUT2D eigenvalue weighted by Gasteiger charge is 2.16. The topological polar surface area (TPSA) is 56.0 Å². The Hall–Kier alpha value is -2.40. The Morgan fingerprint density at radius 1 is 1.07 bits per heavy atom. The fourth-order valence-electron chi connectivity index (χ4n) is 3.35. The van der Waals surface area contributed by atoms with Crippen LogP contribution in [0.2, 0.25) is 0 Å². The number of hydrogen-bond donors (Lipinski definition) is 0. The molecule has 5 heteroatoms. The molecule has 0 amide bonds. The van der Waals surface area contributed by atoms with Crippen LogP contribution in [-0.2, 0) is 12.8 Å². The fourth-order valence-corrected chi connectivity index (χ4v) is 4.01. The first-order chi connectivity index (χ1) is 13.1. The van der Waals surface area contributed by atoms with Gasteiger partial charge in [-0.3, -0.25) is 4.79 Å². The molecule has 0 atom stereocenters.